The molecule has 0 spiro atoms. The highest BCUT2D eigenvalue weighted by Crippen LogP contribution is 2.09. The lowest BCUT2D eigenvalue weighted by molar-refractivity contribution is 1.18. The zero-order valence-electron chi connectivity index (χ0n) is 5.84. The van der Waals surface area contributed by atoms with Gasteiger partial charge in [-0.15, -0.1) is 0 Å². The molecular weight excluding hydrogens is 206 g/mol. The van der Waals surface area contributed by atoms with Crippen LogP contribution in [0, 0.1) is 5.41 Å². The molecule has 1 aromatic heterocycles. The fourth-order valence-corrected chi connectivity index (χ4v) is 1.18. The first-order valence-corrected chi connectivity index (χ1v) is 3.90. The van der Waals surface area contributed by atoms with Gasteiger partial charge in [-0.1, -0.05) is 0 Å². The van der Waals surface area contributed by atoms with E-state index in [0.29, 0.717) is 6.42 Å². The summed E-state index contributed by atoms with van der Waals surface area (Å²) in [4.78, 5) is 3.94. The predicted octanol–water partition coefficient (Wildman–Crippen LogP) is 1.32. The van der Waals surface area contributed by atoms with Gasteiger partial charge in [-0.2, -0.15) is 0 Å². The first kappa shape index (κ1) is 8.20. The summed E-state index contributed by atoms with van der Waals surface area (Å²) < 4.78 is 0.913. The summed E-state index contributed by atoms with van der Waals surface area (Å²) in [5.41, 5.74) is 6.17. The number of hydrogen-bond acceptors (Lipinski definition) is 2. The summed E-state index contributed by atoms with van der Waals surface area (Å²) in [5.74, 6) is 0.157. The largest absolute Gasteiger partial charge is 0.387 e. The van der Waals surface area contributed by atoms with E-state index < -0.39 is 0 Å². The SMILES string of the molecule is N=C(N)Cc1cncc(Br)c1. The minimum Gasteiger partial charge on any atom is -0.387 e. The Bertz CT molecular complexity index is 272. The van der Waals surface area contributed by atoms with Crippen LogP contribution in [0.2, 0.25) is 0 Å². The van der Waals surface area contributed by atoms with Gasteiger partial charge in [-0.25, -0.2) is 0 Å². The number of halogens is 1. The second kappa shape index (κ2) is 3.48. The van der Waals surface area contributed by atoms with Crippen LogP contribution in [0.25, 0.3) is 0 Å². The van der Waals surface area contributed by atoms with Gasteiger partial charge in [0.25, 0.3) is 0 Å². The minimum absolute atomic E-state index is 0.157. The molecule has 1 rings (SSSR count). The normalized spacial score (nSPS) is 9.55. The first-order valence-electron chi connectivity index (χ1n) is 3.11. The molecule has 3 N–H and O–H groups in total. The number of pyridine rings is 1. The lowest BCUT2D eigenvalue weighted by Gasteiger charge is -1.97. The Hall–Kier alpha value is -0.900. The molecule has 1 heterocycles. The molecule has 0 radical (unpaired) electrons. The van der Waals surface area contributed by atoms with E-state index in [-0.39, 0.29) is 5.84 Å². The third-order valence-electron chi connectivity index (χ3n) is 1.16. The van der Waals surface area contributed by atoms with Crippen LogP contribution in [0.5, 0.6) is 0 Å². The number of hydrogen-bond donors (Lipinski definition) is 2. The van der Waals surface area contributed by atoms with Gasteiger partial charge in [-0.3, -0.25) is 10.4 Å². The van der Waals surface area contributed by atoms with Crippen molar-refractivity contribution in [3.05, 3.63) is 28.5 Å². The quantitative estimate of drug-likeness (QED) is 0.576. The maximum absolute atomic E-state index is 7.04. The molecule has 0 saturated heterocycles. The highest BCUT2D eigenvalue weighted by atomic mass is 79.9. The van der Waals surface area contributed by atoms with Crippen LogP contribution in [0.15, 0.2) is 22.9 Å². The topological polar surface area (TPSA) is 62.8 Å². The van der Waals surface area contributed by atoms with E-state index in [1.807, 2.05) is 6.07 Å². The Labute approximate surface area is 73.3 Å². The fraction of sp³-hybridized carbons (Fsp3) is 0.143. The predicted molar refractivity (Wildman–Crippen MR) is 47.6 cm³/mol. The summed E-state index contributed by atoms with van der Waals surface area (Å²) >= 11 is 3.28. The number of amidine groups is 1. The molecule has 0 fully saturated rings. The monoisotopic (exact) mass is 213 g/mol. The highest BCUT2D eigenvalue weighted by Gasteiger charge is 1.95. The van der Waals surface area contributed by atoms with Crippen molar-refractivity contribution < 1.29 is 0 Å². The van der Waals surface area contributed by atoms with Crippen LogP contribution in [0.3, 0.4) is 0 Å². The number of nitrogens with zero attached hydrogens (tertiary/aromatic N) is 1. The molecule has 0 aliphatic rings. The van der Waals surface area contributed by atoms with E-state index in [9.17, 15) is 0 Å². The van der Waals surface area contributed by atoms with Crippen LogP contribution in [-0.2, 0) is 6.42 Å². The van der Waals surface area contributed by atoms with Crippen molar-refractivity contribution in [2.45, 2.75) is 6.42 Å². The van der Waals surface area contributed by atoms with E-state index in [1.54, 1.807) is 12.4 Å². The third-order valence-corrected chi connectivity index (χ3v) is 1.59. The molecule has 3 nitrogen and oxygen atoms in total. The van der Waals surface area contributed by atoms with Crippen LogP contribution in [0.1, 0.15) is 5.56 Å². The summed E-state index contributed by atoms with van der Waals surface area (Å²) in [5, 5.41) is 7.04. The highest BCUT2D eigenvalue weighted by molar-refractivity contribution is 9.10. The molecule has 0 aliphatic carbocycles. The number of rotatable bonds is 2. The number of nitrogens with two attached hydrogens (primary N) is 1. The van der Waals surface area contributed by atoms with Crippen molar-refractivity contribution in [1.29, 1.82) is 5.41 Å². The standard InChI is InChI=1S/C7H8BrN3/c8-6-1-5(2-7(9)10)3-11-4-6/h1,3-4H,2H2,(H3,9,10). The second-order valence-electron chi connectivity index (χ2n) is 2.21. The van der Waals surface area contributed by atoms with Crippen molar-refractivity contribution in [2.75, 3.05) is 0 Å². The molecule has 0 unspecified atom stereocenters. The average molecular weight is 214 g/mol. The zero-order chi connectivity index (χ0) is 8.27. The molecule has 0 aliphatic heterocycles. The van der Waals surface area contributed by atoms with Gasteiger partial charge in [0.15, 0.2) is 0 Å². The molecule has 0 saturated carbocycles. The summed E-state index contributed by atoms with van der Waals surface area (Å²) in [7, 11) is 0. The molecule has 0 atom stereocenters. The van der Waals surface area contributed by atoms with Crippen molar-refractivity contribution in [2.24, 2.45) is 5.73 Å². The zero-order valence-corrected chi connectivity index (χ0v) is 7.43. The molecular formula is C7H8BrN3. The van der Waals surface area contributed by atoms with Gasteiger partial charge in [0.2, 0.25) is 0 Å². The van der Waals surface area contributed by atoms with Crippen LogP contribution in [-0.4, -0.2) is 10.8 Å². The lowest BCUT2D eigenvalue weighted by Crippen LogP contribution is -2.12. The van der Waals surface area contributed by atoms with Gasteiger partial charge in [-0.05, 0) is 27.6 Å². The minimum atomic E-state index is 0.157. The molecule has 58 valence electrons. The smallest absolute Gasteiger partial charge is 0.0950 e. The van der Waals surface area contributed by atoms with E-state index in [4.69, 9.17) is 11.1 Å². The van der Waals surface area contributed by atoms with Gasteiger partial charge in [0.05, 0.1) is 5.84 Å². The van der Waals surface area contributed by atoms with Gasteiger partial charge < -0.3 is 5.73 Å². The molecule has 0 bridgehead atoms. The van der Waals surface area contributed by atoms with Gasteiger partial charge in [0, 0.05) is 23.3 Å². The Kier molecular flexibility index (Phi) is 2.59. The van der Waals surface area contributed by atoms with E-state index in [1.165, 1.54) is 0 Å². The molecule has 0 amide bonds. The van der Waals surface area contributed by atoms with Gasteiger partial charge >= 0.3 is 0 Å². The van der Waals surface area contributed by atoms with Crippen LogP contribution in [0.4, 0.5) is 0 Å². The van der Waals surface area contributed by atoms with Crippen molar-refractivity contribution in [3.8, 4) is 0 Å². The molecule has 0 aromatic carbocycles. The lowest BCUT2D eigenvalue weighted by atomic mass is 10.2. The van der Waals surface area contributed by atoms with Crippen molar-refractivity contribution >= 4 is 21.8 Å². The Morgan fingerprint density at radius 3 is 2.91 bits per heavy atom. The van der Waals surface area contributed by atoms with E-state index in [0.717, 1.165) is 10.0 Å². The molecule has 4 heteroatoms. The number of aromatic nitrogens is 1. The Balaban J connectivity index is 2.79. The average Bonchev–Trinajstić information content (AvgIpc) is 1.85. The van der Waals surface area contributed by atoms with E-state index >= 15 is 0 Å². The number of nitrogens with one attached hydrogen (secondary N) is 1. The second-order valence-corrected chi connectivity index (χ2v) is 3.13. The Morgan fingerprint density at radius 2 is 2.36 bits per heavy atom. The molecule has 11 heavy (non-hydrogen) atoms. The summed E-state index contributed by atoms with van der Waals surface area (Å²) in [6, 6.07) is 1.90. The Morgan fingerprint density at radius 1 is 1.64 bits per heavy atom. The fourth-order valence-electron chi connectivity index (χ4n) is 0.772. The van der Waals surface area contributed by atoms with Crippen molar-refractivity contribution in [3.63, 3.8) is 0 Å². The van der Waals surface area contributed by atoms with Gasteiger partial charge in [0.1, 0.15) is 0 Å². The maximum Gasteiger partial charge on any atom is 0.0950 e. The third kappa shape index (κ3) is 2.67. The van der Waals surface area contributed by atoms with Crippen LogP contribution < -0.4 is 5.73 Å². The van der Waals surface area contributed by atoms with Crippen LogP contribution >= 0.6 is 15.9 Å². The summed E-state index contributed by atoms with van der Waals surface area (Å²) in [6.07, 6.45) is 3.86. The van der Waals surface area contributed by atoms with E-state index in [2.05, 4.69) is 20.9 Å². The maximum atomic E-state index is 7.04. The molecule has 1 aromatic rings. The first-order chi connectivity index (χ1) is 5.18. The summed E-state index contributed by atoms with van der Waals surface area (Å²) in [6.45, 7) is 0. The van der Waals surface area contributed by atoms with Crippen molar-refractivity contribution in [1.82, 2.24) is 4.98 Å².